The molecule has 0 aliphatic rings. The number of rotatable bonds is 5. The molecule has 1 unspecified atom stereocenters. The summed E-state index contributed by atoms with van der Waals surface area (Å²) in [6.45, 7) is 3.23. The molecule has 0 aromatic rings. The number of aliphatic hydroxyl groups excluding tert-OH is 1. The van der Waals surface area contributed by atoms with Crippen LogP contribution < -0.4 is 0 Å². The third-order valence-electron chi connectivity index (χ3n) is 1.31. The number of methoxy groups -OCH3 is 1. The van der Waals surface area contributed by atoms with Gasteiger partial charge < -0.3 is 9.84 Å². The molecule has 0 bridgehead atoms. The minimum absolute atomic E-state index is 0.300. The van der Waals surface area contributed by atoms with Gasteiger partial charge >= 0.3 is 0 Å². The summed E-state index contributed by atoms with van der Waals surface area (Å²) in [6, 6.07) is 0. The highest BCUT2D eigenvalue weighted by atomic mass is 16.5. The summed E-state index contributed by atoms with van der Waals surface area (Å²) in [7, 11) is 1.70. The van der Waals surface area contributed by atoms with Crippen molar-refractivity contribution in [2.24, 2.45) is 5.92 Å². The maximum Gasteiger partial charge on any atom is 0.0487 e. The Morgan fingerprint density at radius 3 is 2.67 bits per heavy atom. The van der Waals surface area contributed by atoms with E-state index >= 15 is 0 Å². The number of ether oxygens (including phenoxy) is 1. The van der Waals surface area contributed by atoms with E-state index < -0.39 is 0 Å². The van der Waals surface area contributed by atoms with Crippen LogP contribution in [-0.2, 0) is 4.74 Å². The van der Waals surface area contributed by atoms with Crippen molar-refractivity contribution in [3.8, 4) is 0 Å². The molecule has 56 valence electrons. The van der Waals surface area contributed by atoms with Gasteiger partial charge in [0.1, 0.15) is 0 Å². The molecule has 2 nitrogen and oxygen atoms in total. The van der Waals surface area contributed by atoms with E-state index in [1.54, 1.807) is 7.11 Å². The molecule has 0 aromatic carbocycles. The molecule has 0 heterocycles. The smallest absolute Gasteiger partial charge is 0.0487 e. The summed E-state index contributed by atoms with van der Waals surface area (Å²) in [5.41, 5.74) is 0. The summed E-state index contributed by atoms with van der Waals surface area (Å²) < 4.78 is 4.92. The zero-order valence-corrected chi connectivity index (χ0v) is 6.26. The van der Waals surface area contributed by atoms with Gasteiger partial charge in [0.15, 0.2) is 0 Å². The Morgan fingerprint density at radius 2 is 2.22 bits per heavy atom. The normalized spacial score (nSPS) is 13.7. The molecule has 1 N–H and O–H groups in total. The summed E-state index contributed by atoms with van der Waals surface area (Å²) in [5, 5.41) is 8.44. The van der Waals surface area contributed by atoms with E-state index in [1.165, 1.54) is 0 Å². The van der Waals surface area contributed by atoms with Crippen molar-refractivity contribution in [2.75, 3.05) is 20.3 Å². The van der Waals surface area contributed by atoms with Gasteiger partial charge in [-0.1, -0.05) is 6.92 Å². The van der Waals surface area contributed by atoms with Crippen LogP contribution in [0.15, 0.2) is 0 Å². The Morgan fingerprint density at radius 1 is 1.56 bits per heavy atom. The molecule has 0 rings (SSSR count). The minimum Gasteiger partial charge on any atom is -0.396 e. The minimum atomic E-state index is 0.300. The van der Waals surface area contributed by atoms with E-state index in [1.807, 2.05) is 0 Å². The van der Waals surface area contributed by atoms with Crippen molar-refractivity contribution in [1.82, 2.24) is 0 Å². The molecule has 0 aliphatic heterocycles. The largest absolute Gasteiger partial charge is 0.396 e. The van der Waals surface area contributed by atoms with Gasteiger partial charge in [0.25, 0.3) is 0 Å². The molecule has 0 aromatic heterocycles. The summed E-state index contributed by atoms with van der Waals surface area (Å²) in [6.07, 6.45) is 1.95. The zero-order valence-electron chi connectivity index (χ0n) is 6.26. The van der Waals surface area contributed by atoms with Crippen molar-refractivity contribution in [1.29, 1.82) is 0 Å². The van der Waals surface area contributed by atoms with Crippen LogP contribution in [0.25, 0.3) is 0 Å². The van der Waals surface area contributed by atoms with E-state index in [0.717, 1.165) is 19.4 Å². The lowest BCUT2D eigenvalue weighted by molar-refractivity contribution is 0.149. The van der Waals surface area contributed by atoms with E-state index in [2.05, 4.69) is 6.92 Å². The first kappa shape index (κ1) is 8.92. The predicted molar refractivity (Wildman–Crippen MR) is 37.4 cm³/mol. The second-order valence-corrected chi connectivity index (χ2v) is 2.43. The molecule has 2 heteroatoms. The monoisotopic (exact) mass is 132 g/mol. The Balaban J connectivity index is 2.95. The Labute approximate surface area is 56.8 Å². The highest BCUT2D eigenvalue weighted by Crippen LogP contribution is 2.03. The number of hydrogen-bond acceptors (Lipinski definition) is 2. The van der Waals surface area contributed by atoms with Crippen LogP contribution in [0.5, 0.6) is 0 Å². The molecule has 0 amide bonds. The maximum absolute atomic E-state index is 8.44. The molecule has 9 heavy (non-hydrogen) atoms. The van der Waals surface area contributed by atoms with Crippen molar-refractivity contribution in [2.45, 2.75) is 19.8 Å². The maximum atomic E-state index is 8.44. The second-order valence-electron chi connectivity index (χ2n) is 2.43. The highest BCUT2D eigenvalue weighted by molar-refractivity contribution is 4.49. The van der Waals surface area contributed by atoms with Crippen molar-refractivity contribution < 1.29 is 9.84 Å². The SMILES string of the molecule is COCC(C)CCCO. The van der Waals surface area contributed by atoms with Crippen LogP contribution in [0.4, 0.5) is 0 Å². The van der Waals surface area contributed by atoms with Crippen LogP contribution in [0.3, 0.4) is 0 Å². The standard InChI is InChI=1S/C7H16O2/c1-7(6-9-2)4-3-5-8/h7-8H,3-6H2,1-2H3. The average molecular weight is 132 g/mol. The Kier molecular flexibility index (Phi) is 5.99. The van der Waals surface area contributed by atoms with Crippen molar-refractivity contribution in [3.05, 3.63) is 0 Å². The quantitative estimate of drug-likeness (QED) is 0.605. The molecule has 0 spiro atoms. The lowest BCUT2D eigenvalue weighted by Gasteiger charge is -2.07. The van der Waals surface area contributed by atoms with E-state index in [4.69, 9.17) is 9.84 Å². The third kappa shape index (κ3) is 5.80. The molecule has 0 saturated carbocycles. The molecule has 0 radical (unpaired) electrons. The predicted octanol–water partition coefficient (Wildman–Crippen LogP) is 1.04. The zero-order chi connectivity index (χ0) is 7.11. The number of hydrogen-bond donors (Lipinski definition) is 1. The van der Waals surface area contributed by atoms with Gasteiger partial charge in [-0.15, -0.1) is 0 Å². The third-order valence-corrected chi connectivity index (χ3v) is 1.31. The summed E-state index contributed by atoms with van der Waals surface area (Å²) >= 11 is 0. The summed E-state index contributed by atoms with van der Waals surface area (Å²) in [5.74, 6) is 0.585. The fourth-order valence-electron chi connectivity index (χ4n) is 0.808. The fourth-order valence-corrected chi connectivity index (χ4v) is 0.808. The molecule has 1 atom stereocenters. The van der Waals surface area contributed by atoms with Gasteiger partial charge in [-0.3, -0.25) is 0 Å². The van der Waals surface area contributed by atoms with Gasteiger partial charge in [0.05, 0.1) is 0 Å². The van der Waals surface area contributed by atoms with E-state index in [-0.39, 0.29) is 0 Å². The van der Waals surface area contributed by atoms with Gasteiger partial charge in [0.2, 0.25) is 0 Å². The first-order valence-electron chi connectivity index (χ1n) is 3.41. The second kappa shape index (κ2) is 6.05. The number of aliphatic hydroxyl groups is 1. The van der Waals surface area contributed by atoms with Gasteiger partial charge in [0, 0.05) is 20.3 Å². The lowest BCUT2D eigenvalue weighted by Crippen LogP contribution is -2.03. The topological polar surface area (TPSA) is 29.5 Å². The highest BCUT2D eigenvalue weighted by Gasteiger charge is 1.98. The van der Waals surface area contributed by atoms with Crippen LogP contribution in [0, 0.1) is 5.92 Å². The van der Waals surface area contributed by atoms with Gasteiger partial charge in [-0.2, -0.15) is 0 Å². The van der Waals surface area contributed by atoms with Crippen LogP contribution in [-0.4, -0.2) is 25.4 Å². The van der Waals surface area contributed by atoms with E-state index in [9.17, 15) is 0 Å². The average Bonchev–Trinajstić information content (AvgIpc) is 1.85. The molecular formula is C7H16O2. The molecule has 0 saturated heterocycles. The molecular weight excluding hydrogens is 116 g/mol. The molecule has 0 aliphatic carbocycles. The summed E-state index contributed by atoms with van der Waals surface area (Å²) in [4.78, 5) is 0. The van der Waals surface area contributed by atoms with Crippen LogP contribution in [0.2, 0.25) is 0 Å². The molecule has 0 fully saturated rings. The van der Waals surface area contributed by atoms with Crippen LogP contribution >= 0.6 is 0 Å². The van der Waals surface area contributed by atoms with E-state index in [0.29, 0.717) is 12.5 Å². The first-order valence-corrected chi connectivity index (χ1v) is 3.41. The Bertz CT molecular complexity index is 54.9. The van der Waals surface area contributed by atoms with Crippen LogP contribution in [0.1, 0.15) is 19.8 Å². The Hall–Kier alpha value is -0.0800. The van der Waals surface area contributed by atoms with Crippen molar-refractivity contribution in [3.63, 3.8) is 0 Å². The van der Waals surface area contributed by atoms with Gasteiger partial charge in [-0.25, -0.2) is 0 Å². The van der Waals surface area contributed by atoms with Crippen molar-refractivity contribution >= 4 is 0 Å². The fraction of sp³-hybridized carbons (Fsp3) is 1.00. The lowest BCUT2D eigenvalue weighted by atomic mass is 10.1. The first-order chi connectivity index (χ1) is 4.31. The van der Waals surface area contributed by atoms with Gasteiger partial charge in [-0.05, 0) is 18.8 Å².